The van der Waals surface area contributed by atoms with Crippen LogP contribution >= 0.6 is 0 Å². The number of hydrogen-bond donors (Lipinski definition) is 2. The van der Waals surface area contributed by atoms with Crippen LogP contribution in [-0.2, 0) is 0 Å². The molecule has 5 heteroatoms. The average molecular weight is 342 g/mol. The van der Waals surface area contributed by atoms with Crippen molar-refractivity contribution >= 4 is 0 Å². The highest BCUT2D eigenvalue weighted by atomic mass is 16.3. The van der Waals surface area contributed by atoms with Gasteiger partial charge in [-0.05, 0) is 33.1 Å². The third-order valence-corrected chi connectivity index (χ3v) is 4.91. The molecule has 1 fully saturated rings. The molecular weight excluding hydrogens is 312 g/mol. The van der Waals surface area contributed by atoms with Gasteiger partial charge >= 0.3 is 0 Å². The van der Waals surface area contributed by atoms with Gasteiger partial charge in [0.25, 0.3) is 0 Å². The number of rotatable bonds is 5. The van der Waals surface area contributed by atoms with Crippen LogP contribution in [0.4, 0.5) is 0 Å². The maximum absolute atomic E-state index is 10.3. The molecule has 1 aliphatic carbocycles. The van der Waals surface area contributed by atoms with Gasteiger partial charge in [-0.2, -0.15) is 5.10 Å². The van der Waals surface area contributed by atoms with E-state index in [2.05, 4.69) is 49.8 Å². The van der Waals surface area contributed by atoms with E-state index in [0.717, 1.165) is 36.5 Å². The number of nitrogens with zero attached hydrogens (tertiary/aromatic N) is 3. The number of aromatic nitrogens is 3. The minimum Gasteiger partial charge on any atom is -0.392 e. The molecule has 1 aromatic heterocycles. The summed E-state index contributed by atoms with van der Waals surface area (Å²) in [6.45, 7) is 8.55. The Labute approximate surface area is 150 Å². The second kappa shape index (κ2) is 7.67. The van der Waals surface area contributed by atoms with Crippen LogP contribution in [0.15, 0.2) is 30.3 Å². The number of nitrogens with one attached hydrogen (secondary N) is 1. The summed E-state index contributed by atoms with van der Waals surface area (Å²) in [5.41, 5.74) is 1.05. The summed E-state index contributed by atoms with van der Waals surface area (Å²) >= 11 is 0. The summed E-state index contributed by atoms with van der Waals surface area (Å²) in [6.07, 6.45) is 2.39. The molecule has 0 bridgehead atoms. The van der Waals surface area contributed by atoms with Gasteiger partial charge in [-0.25, -0.2) is 9.67 Å². The molecule has 0 amide bonds. The smallest absolute Gasteiger partial charge is 0.181 e. The molecule has 1 heterocycles. The fourth-order valence-corrected chi connectivity index (χ4v) is 3.70. The van der Waals surface area contributed by atoms with E-state index in [1.54, 1.807) is 0 Å². The van der Waals surface area contributed by atoms with Crippen LogP contribution in [0.2, 0.25) is 0 Å². The van der Waals surface area contributed by atoms with E-state index in [1.807, 2.05) is 18.2 Å². The van der Waals surface area contributed by atoms with E-state index >= 15 is 0 Å². The second-order valence-electron chi connectivity index (χ2n) is 7.70. The molecule has 1 aliphatic rings. The topological polar surface area (TPSA) is 63.0 Å². The number of benzene rings is 1. The van der Waals surface area contributed by atoms with E-state index in [0.29, 0.717) is 12.0 Å². The first kappa shape index (κ1) is 18.1. The maximum atomic E-state index is 10.3. The quantitative estimate of drug-likeness (QED) is 0.873. The fourth-order valence-electron chi connectivity index (χ4n) is 3.70. The van der Waals surface area contributed by atoms with Gasteiger partial charge in [-0.3, -0.25) is 0 Å². The number of aliphatic hydroxyl groups excluding tert-OH is 1. The average Bonchev–Trinajstić information content (AvgIpc) is 3.03. The van der Waals surface area contributed by atoms with E-state index < -0.39 is 0 Å². The normalized spacial score (nSPS) is 24.2. The Morgan fingerprint density at radius 2 is 1.84 bits per heavy atom. The van der Waals surface area contributed by atoms with Crippen molar-refractivity contribution in [1.82, 2.24) is 20.1 Å². The molecule has 0 radical (unpaired) electrons. The van der Waals surface area contributed by atoms with E-state index in [4.69, 9.17) is 10.1 Å². The lowest BCUT2D eigenvalue weighted by molar-refractivity contribution is 0.0773. The number of hydrogen-bond acceptors (Lipinski definition) is 4. The third-order valence-electron chi connectivity index (χ3n) is 4.91. The summed E-state index contributed by atoms with van der Waals surface area (Å²) in [7, 11) is 0. The van der Waals surface area contributed by atoms with Gasteiger partial charge in [0.15, 0.2) is 5.82 Å². The zero-order chi connectivity index (χ0) is 18.0. The van der Waals surface area contributed by atoms with Crippen LogP contribution in [0.1, 0.15) is 64.7 Å². The maximum Gasteiger partial charge on any atom is 0.181 e. The highest BCUT2D eigenvalue weighted by Crippen LogP contribution is 2.34. The van der Waals surface area contributed by atoms with E-state index in [1.165, 1.54) is 0 Å². The van der Waals surface area contributed by atoms with Gasteiger partial charge in [-0.15, -0.1) is 0 Å². The second-order valence-corrected chi connectivity index (χ2v) is 7.70. The van der Waals surface area contributed by atoms with Crippen molar-refractivity contribution in [3.63, 3.8) is 0 Å². The lowest BCUT2D eigenvalue weighted by Crippen LogP contribution is -2.47. The molecule has 0 unspecified atom stereocenters. The van der Waals surface area contributed by atoms with Crippen molar-refractivity contribution in [2.24, 2.45) is 0 Å². The largest absolute Gasteiger partial charge is 0.392 e. The van der Waals surface area contributed by atoms with Crippen molar-refractivity contribution in [3.8, 4) is 11.4 Å². The Morgan fingerprint density at radius 3 is 2.48 bits per heavy atom. The molecule has 2 N–H and O–H groups in total. The predicted molar refractivity (Wildman–Crippen MR) is 101 cm³/mol. The molecule has 2 aromatic rings. The SMILES string of the molecule is CC(C)N[C@@H]1C[C@@H](c2nc(-c3ccccc3)nn2C(C)C)CC[C@H]1O. The first-order valence-electron chi connectivity index (χ1n) is 9.41. The molecule has 3 rings (SSSR count). The molecule has 0 saturated heterocycles. The Bertz CT molecular complexity index is 680. The molecule has 1 aromatic carbocycles. The highest BCUT2D eigenvalue weighted by molar-refractivity contribution is 5.54. The van der Waals surface area contributed by atoms with Gasteiger partial charge in [-0.1, -0.05) is 44.2 Å². The standard InChI is InChI=1S/C20H30N4O/c1-13(2)21-17-12-16(10-11-18(17)25)20-22-19(23-24(20)14(3)4)15-8-6-5-7-9-15/h5-9,13-14,16-18,21,25H,10-12H2,1-4H3/t16-,17+,18+/m0/s1. The van der Waals surface area contributed by atoms with E-state index in [-0.39, 0.29) is 18.2 Å². The van der Waals surface area contributed by atoms with Crippen LogP contribution < -0.4 is 5.32 Å². The monoisotopic (exact) mass is 342 g/mol. The minimum absolute atomic E-state index is 0.122. The summed E-state index contributed by atoms with van der Waals surface area (Å²) in [4.78, 5) is 4.91. The first-order chi connectivity index (χ1) is 12.0. The van der Waals surface area contributed by atoms with Crippen molar-refractivity contribution in [2.75, 3.05) is 0 Å². The molecule has 136 valence electrons. The molecule has 25 heavy (non-hydrogen) atoms. The first-order valence-corrected chi connectivity index (χ1v) is 9.41. The van der Waals surface area contributed by atoms with Crippen LogP contribution in [0, 0.1) is 0 Å². The van der Waals surface area contributed by atoms with Gasteiger partial charge in [0.05, 0.1) is 6.10 Å². The third kappa shape index (κ3) is 4.10. The van der Waals surface area contributed by atoms with E-state index in [9.17, 15) is 5.11 Å². The molecule has 3 atom stereocenters. The lowest BCUT2D eigenvalue weighted by atomic mass is 9.83. The Morgan fingerprint density at radius 1 is 1.12 bits per heavy atom. The lowest BCUT2D eigenvalue weighted by Gasteiger charge is -2.35. The zero-order valence-electron chi connectivity index (χ0n) is 15.7. The summed E-state index contributed by atoms with van der Waals surface area (Å²) in [6, 6.07) is 10.9. The molecule has 1 saturated carbocycles. The fraction of sp³-hybridized carbons (Fsp3) is 0.600. The van der Waals surface area contributed by atoms with Gasteiger partial charge < -0.3 is 10.4 Å². The molecule has 0 aliphatic heterocycles. The molecule has 5 nitrogen and oxygen atoms in total. The van der Waals surface area contributed by atoms with Gasteiger partial charge in [0.1, 0.15) is 5.82 Å². The van der Waals surface area contributed by atoms with Crippen molar-refractivity contribution < 1.29 is 5.11 Å². The van der Waals surface area contributed by atoms with Gasteiger partial charge in [0, 0.05) is 29.6 Å². The van der Waals surface area contributed by atoms with Crippen molar-refractivity contribution in [2.45, 2.75) is 77.1 Å². The van der Waals surface area contributed by atoms with Crippen LogP contribution in [0.25, 0.3) is 11.4 Å². The number of aliphatic hydroxyl groups is 1. The van der Waals surface area contributed by atoms with Crippen LogP contribution in [0.3, 0.4) is 0 Å². The predicted octanol–water partition coefficient (Wildman–Crippen LogP) is 3.52. The highest BCUT2D eigenvalue weighted by Gasteiger charge is 2.33. The Hall–Kier alpha value is -1.72. The molecular formula is C20H30N4O. The summed E-state index contributed by atoms with van der Waals surface area (Å²) < 4.78 is 2.07. The van der Waals surface area contributed by atoms with Gasteiger partial charge in [0.2, 0.25) is 0 Å². The molecule has 0 spiro atoms. The van der Waals surface area contributed by atoms with Crippen molar-refractivity contribution in [1.29, 1.82) is 0 Å². The van der Waals surface area contributed by atoms with Crippen molar-refractivity contribution in [3.05, 3.63) is 36.2 Å². The minimum atomic E-state index is -0.275. The summed E-state index contributed by atoms with van der Waals surface area (Å²) in [5, 5.41) is 18.6. The Kier molecular flexibility index (Phi) is 5.54. The Balaban J connectivity index is 1.89. The van der Waals surface area contributed by atoms with Crippen LogP contribution in [0.5, 0.6) is 0 Å². The van der Waals surface area contributed by atoms with Crippen LogP contribution in [-0.4, -0.2) is 38.1 Å². The summed E-state index contributed by atoms with van der Waals surface area (Å²) in [5.74, 6) is 2.17. The zero-order valence-corrected chi connectivity index (χ0v) is 15.7.